The molecule has 1 aliphatic heterocycles. The lowest BCUT2D eigenvalue weighted by Gasteiger charge is -2.20. The zero-order chi connectivity index (χ0) is 14.7. The third-order valence-electron chi connectivity index (χ3n) is 3.15. The first-order valence-electron chi connectivity index (χ1n) is 6.68. The van der Waals surface area contributed by atoms with Crippen LogP contribution in [0.25, 0.3) is 0 Å². The summed E-state index contributed by atoms with van der Waals surface area (Å²) in [5.41, 5.74) is 0.767. The zero-order valence-corrected chi connectivity index (χ0v) is 12.1. The second kappa shape index (κ2) is 6.37. The van der Waals surface area contributed by atoms with Crippen molar-refractivity contribution in [1.29, 1.82) is 0 Å². The number of hydrogen-bond acceptors (Lipinski definition) is 4. The molecule has 0 saturated carbocycles. The molecular formula is C16H15FO3S. The highest BCUT2D eigenvalue weighted by Crippen LogP contribution is 2.34. The number of ether oxygens (including phenoxy) is 2. The predicted molar refractivity (Wildman–Crippen MR) is 79.5 cm³/mol. The summed E-state index contributed by atoms with van der Waals surface area (Å²) in [6.07, 6.45) is -0.644. The van der Waals surface area contributed by atoms with Crippen molar-refractivity contribution in [2.75, 3.05) is 19.0 Å². The maximum absolute atomic E-state index is 13.1. The van der Waals surface area contributed by atoms with Crippen LogP contribution in [0.2, 0.25) is 0 Å². The fourth-order valence-corrected chi connectivity index (χ4v) is 3.01. The van der Waals surface area contributed by atoms with Gasteiger partial charge in [-0.1, -0.05) is 12.1 Å². The fourth-order valence-electron chi connectivity index (χ4n) is 2.10. The van der Waals surface area contributed by atoms with E-state index in [0.717, 1.165) is 10.5 Å². The lowest BCUT2D eigenvalue weighted by Crippen LogP contribution is -2.15. The van der Waals surface area contributed by atoms with Crippen molar-refractivity contribution < 1.29 is 19.0 Å². The minimum atomic E-state index is -0.644. The van der Waals surface area contributed by atoms with Crippen LogP contribution in [0.1, 0.15) is 11.7 Å². The van der Waals surface area contributed by atoms with Crippen LogP contribution in [0.4, 0.5) is 4.39 Å². The number of hydrogen-bond donors (Lipinski definition) is 1. The Morgan fingerprint density at radius 2 is 1.90 bits per heavy atom. The Labute approximate surface area is 126 Å². The van der Waals surface area contributed by atoms with Gasteiger partial charge in [-0.3, -0.25) is 0 Å². The smallest absolute Gasteiger partial charge is 0.161 e. The van der Waals surface area contributed by atoms with Crippen LogP contribution in [0.5, 0.6) is 11.5 Å². The van der Waals surface area contributed by atoms with E-state index in [1.807, 2.05) is 12.1 Å². The summed E-state index contributed by atoms with van der Waals surface area (Å²) < 4.78 is 24.0. The largest absolute Gasteiger partial charge is 0.486 e. The van der Waals surface area contributed by atoms with E-state index >= 15 is 0 Å². The summed E-state index contributed by atoms with van der Waals surface area (Å²) in [7, 11) is 0. The Hall–Kier alpha value is -1.72. The minimum Gasteiger partial charge on any atom is -0.486 e. The summed E-state index contributed by atoms with van der Waals surface area (Å²) in [5.74, 6) is 1.54. The van der Waals surface area contributed by atoms with E-state index in [9.17, 15) is 9.50 Å². The lowest BCUT2D eigenvalue weighted by atomic mass is 10.1. The molecule has 21 heavy (non-hydrogen) atoms. The maximum Gasteiger partial charge on any atom is 0.161 e. The summed E-state index contributed by atoms with van der Waals surface area (Å²) in [6, 6.07) is 11.8. The molecule has 110 valence electrons. The van der Waals surface area contributed by atoms with Crippen molar-refractivity contribution in [1.82, 2.24) is 0 Å². The third-order valence-corrected chi connectivity index (χ3v) is 4.22. The second-order valence-electron chi connectivity index (χ2n) is 4.69. The van der Waals surface area contributed by atoms with Gasteiger partial charge in [0.25, 0.3) is 0 Å². The highest BCUT2D eigenvalue weighted by molar-refractivity contribution is 7.99. The van der Waals surface area contributed by atoms with Gasteiger partial charge in [-0.15, -0.1) is 11.8 Å². The van der Waals surface area contributed by atoms with Crippen LogP contribution in [-0.4, -0.2) is 24.1 Å². The minimum absolute atomic E-state index is 0.270. The number of thioether (sulfide) groups is 1. The van der Waals surface area contributed by atoms with Gasteiger partial charge in [0.2, 0.25) is 0 Å². The van der Waals surface area contributed by atoms with E-state index in [1.165, 1.54) is 23.9 Å². The third kappa shape index (κ3) is 3.49. The number of aliphatic hydroxyl groups excluding tert-OH is 1. The van der Waals surface area contributed by atoms with Crippen molar-refractivity contribution >= 4 is 11.8 Å². The average molecular weight is 306 g/mol. The molecule has 2 aromatic carbocycles. The van der Waals surface area contributed by atoms with Gasteiger partial charge in [-0.25, -0.2) is 4.39 Å². The topological polar surface area (TPSA) is 38.7 Å². The van der Waals surface area contributed by atoms with Crippen molar-refractivity contribution in [3.05, 3.63) is 53.8 Å². The highest BCUT2D eigenvalue weighted by atomic mass is 32.2. The van der Waals surface area contributed by atoms with Crippen LogP contribution in [-0.2, 0) is 0 Å². The molecule has 1 unspecified atom stereocenters. The second-order valence-corrected chi connectivity index (χ2v) is 5.78. The monoisotopic (exact) mass is 306 g/mol. The molecule has 1 atom stereocenters. The SMILES string of the molecule is OC(CSc1cccc(F)c1)c1ccc2c(c1)OCCO2. The van der Waals surface area contributed by atoms with E-state index < -0.39 is 6.10 Å². The Morgan fingerprint density at radius 3 is 2.71 bits per heavy atom. The Balaban J connectivity index is 1.66. The summed E-state index contributed by atoms with van der Waals surface area (Å²) in [4.78, 5) is 0.798. The van der Waals surface area contributed by atoms with Gasteiger partial charge in [0.15, 0.2) is 11.5 Å². The van der Waals surface area contributed by atoms with E-state index in [1.54, 1.807) is 18.2 Å². The molecule has 0 bridgehead atoms. The summed E-state index contributed by atoms with van der Waals surface area (Å²) in [5, 5.41) is 10.2. The number of benzene rings is 2. The molecule has 0 radical (unpaired) electrons. The molecule has 5 heteroatoms. The van der Waals surface area contributed by atoms with E-state index in [2.05, 4.69) is 0 Å². The van der Waals surface area contributed by atoms with Crippen molar-refractivity contribution in [3.63, 3.8) is 0 Å². The molecule has 1 aliphatic rings. The van der Waals surface area contributed by atoms with Crippen LogP contribution in [0, 0.1) is 5.82 Å². The highest BCUT2D eigenvalue weighted by Gasteiger charge is 2.15. The van der Waals surface area contributed by atoms with Gasteiger partial charge in [-0.2, -0.15) is 0 Å². The normalized spacial score (nSPS) is 14.8. The predicted octanol–water partition coefficient (Wildman–Crippen LogP) is 3.42. The molecular weight excluding hydrogens is 291 g/mol. The van der Waals surface area contributed by atoms with Gasteiger partial charge in [-0.05, 0) is 35.9 Å². The van der Waals surface area contributed by atoms with Crippen LogP contribution >= 0.6 is 11.8 Å². The first-order valence-corrected chi connectivity index (χ1v) is 7.67. The van der Waals surface area contributed by atoms with Gasteiger partial charge >= 0.3 is 0 Å². The van der Waals surface area contributed by atoms with Crippen molar-refractivity contribution in [2.24, 2.45) is 0 Å². The zero-order valence-electron chi connectivity index (χ0n) is 11.3. The first-order chi connectivity index (χ1) is 10.2. The molecule has 3 nitrogen and oxygen atoms in total. The molecule has 0 fully saturated rings. The Bertz CT molecular complexity index is 633. The van der Waals surface area contributed by atoms with Gasteiger partial charge in [0, 0.05) is 10.6 Å². The number of aliphatic hydroxyl groups is 1. The molecule has 0 aliphatic carbocycles. The first kappa shape index (κ1) is 14.2. The molecule has 1 heterocycles. The van der Waals surface area contributed by atoms with E-state index in [0.29, 0.717) is 30.5 Å². The molecule has 2 aromatic rings. The fraction of sp³-hybridized carbons (Fsp3) is 0.250. The van der Waals surface area contributed by atoms with Crippen molar-refractivity contribution in [3.8, 4) is 11.5 Å². The van der Waals surface area contributed by atoms with Gasteiger partial charge in [0.1, 0.15) is 19.0 Å². The molecule has 3 rings (SSSR count). The van der Waals surface area contributed by atoms with Crippen LogP contribution in [0.15, 0.2) is 47.4 Å². The Kier molecular flexibility index (Phi) is 4.31. The Morgan fingerprint density at radius 1 is 1.10 bits per heavy atom. The number of rotatable bonds is 4. The lowest BCUT2D eigenvalue weighted by molar-refractivity contribution is 0.169. The summed E-state index contributed by atoms with van der Waals surface area (Å²) in [6.45, 7) is 1.06. The van der Waals surface area contributed by atoms with Gasteiger partial charge in [0.05, 0.1) is 6.10 Å². The number of halogens is 1. The summed E-state index contributed by atoms with van der Waals surface area (Å²) >= 11 is 1.41. The van der Waals surface area contributed by atoms with Crippen molar-refractivity contribution in [2.45, 2.75) is 11.0 Å². The average Bonchev–Trinajstić information content (AvgIpc) is 2.52. The maximum atomic E-state index is 13.1. The standard InChI is InChI=1S/C16H15FO3S/c17-12-2-1-3-13(9-12)21-10-14(18)11-4-5-15-16(8-11)20-7-6-19-15/h1-5,8-9,14,18H,6-7,10H2. The molecule has 0 spiro atoms. The molecule has 0 amide bonds. The quantitative estimate of drug-likeness (QED) is 0.879. The van der Waals surface area contributed by atoms with Crippen LogP contribution < -0.4 is 9.47 Å². The van der Waals surface area contributed by atoms with Crippen LogP contribution in [0.3, 0.4) is 0 Å². The number of fused-ring (bicyclic) bond motifs is 1. The van der Waals surface area contributed by atoms with E-state index in [4.69, 9.17) is 9.47 Å². The van der Waals surface area contributed by atoms with E-state index in [-0.39, 0.29) is 5.82 Å². The molecule has 0 saturated heterocycles. The molecule has 1 N–H and O–H groups in total. The van der Waals surface area contributed by atoms with Gasteiger partial charge < -0.3 is 14.6 Å². The molecule has 0 aromatic heterocycles.